The van der Waals surface area contributed by atoms with Gasteiger partial charge in [0.15, 0.2) is 0 Å². The van der Waals surface area contributed by atoms with Gasteiger partial charge in [0.05, 0.1) is 4.88 Å². The number of hydrogen-bond donors (Lipinski definition) is 2. The summed E-state index contributed by atoms with van der Waals surface area (Å²) in [6, 6.07) is 11.6. The van der Waals surface area contributed by atoms with Crippen LogP contribution in [-0.4, -0.2) is 5.91 Å². The molecule has 0 aliphatic carbocycles. The molecule has 0 saturated heterocycles. The number of hydrazine groups is 1. The Bertz CT molecular complexity index is 554. The quantitative estimate of drug-likeness (QED) is 0.505. The highest BCUT2D eigenvalue weighted by molar-refractivity contribution is 7.97. The number of halogens is 1. The number of hydrogen-bond acceptors (Lipinski definition) is 4. The SMILES string of the molecule is NNC(=O)c1ccc(CSCc2ccc(Cl)cc2)s1. The summed E-state index contributed by atoms with van der Waals surface area (Å²) < 4.78 is 0. The van der Waals surface area contributed by atoms with E-state index in [1.807, 2.05) is 30.3 Å². The molecule has 6 heteroatoms. The zero-order valence-corrected chi connectivity index (χ0v) is 12.4. The van der Waals surface area contributed by atoms with Crippen molar-refractivity contribution in [1.29, 1.82) is 0 Å². The van der Waals surface area contributed by atoms with Crippen molar-refractivity contribution in [2.75, 3.05) is 0 Å². The van der Waals surface area contributed by atoms with Crippen LogP contribution in [0.4, 0.5) is 0 Å². The Labute approximate surface area is 125 Å². The Hall–Kier alpha value is -1.01. The molecule has 1 amide bonds. The molecule has 19 heavy (non-hydrogen) atoms. The van der Waals surface area contributed by atoms with E-state index in [1.54, 1.807) is 17.8 Å². The average molecular weight is 313 g/mol. The molecule has 0 unspecified atom stereocenters. The number of carbonyl (C=O) groups is 1. The molecule has 0 saturated carbocycles. The lowest BCUT2D eigenvalue weighted by atomic mass is 10.2. The molecule has 0 spiro atoms. The zero-order chi connectivity index (χ0) is 13.7. The number of nitrogens with one attached hydrogen (secondary N) is 1. The van der Waals surface area contributed by atoms with Crippen molar-refractivity contribution in [2.24, 2.45) is 5.84 Å². The van der Waals surface area contributed by atoms with Gasteiger partial charge in [-0.1, -0.05) is 23.7 Å². The molecule has 0 bridgehead atoms. The zero-order valence-electron chi connectivity index (χ0n) is 10.1. The fourth-order valence-corrected chi connectivity index (χ4v) is 3.64. The molecule has 1 aromatic carbocycles. The highest BCUT2D eigenvalue weighted by Gasteiger charge is 2.07. The smallest absolute Gasteiger partial charge is 0.275 e. The van der Waals surface area contributed by atoms with Gasteiger partial charge < -0.3 is 0 Å². The molecule has 1 heterocycles. The minimum atomic E-state index is -0.237. The standard InChI is InChI=1S/C13H13ClN2OS2/c14-10-3-1-9(2-4-10)7-18-8-11-5-6-12(19-11)13(17)16-15/h1-6H,7-8,15H2,(H,16,17). The molecule has 3 nitrogen and oxygen atoms in total. The largest absolute Gasteiger partial charge is 0.289 e. The Morgan fingerprint density at radius 3 is 2.63 bits per heavy atom. The number of thiophene rings is 1. The summed E-state index contributed by atoms with van der Waals surface area (Å²) in [6.07, 6.45) is 0. The lowest BCUT2D eigenvalue weighted by Gasteiger charge is -2.00. The van der Waals surface area contributed by atoms with Crippen molar-refractivity contribution >= 4 is 40.6 Å². The number of amides is 1. The Morgan fingerprint density at radius 1 is 1.21 bits per heavy atom. The Balaban J connectivity index is 1.84. The lowest BCUT2D eigenvalue weighted by Crippen LogP contribution is -2.29. The fourth-order valence-electron chi connectivity index (χ4n) is 1.50. The van der Waals surface area contributed by atoms with Gasteiger partial charge in [0, 0.05) is 21.4 Å². The average Bonchev–Trinajstić information content (AvgIpc) is 2.89. The number of nitrogen functional groups attached to an aromatic ring is 1. The van der Waals surface area contributed by atoms with Crippen molar-refractivity contribution in [3.8, 4) is 0 Å². The van der Waals surface area contributed by atoms with Crippen LogP contribution in [0.3, 0.4) is 0 Å². The first-order valence-electron chi connectivity index (χ1n) is 5.61. The first kappa shape index (κ1) is 14.4. The van der Waals surface area contributed by atoms with Gasteiger partial charge in [0.1, 0.15) is 0 Å². The van der Waals surface area contributed by atoms with Gasteiger partial charge in [-0.3, -0.25) is 10.2 Å². The van der Waals surface area contributed by atoms with Crippen LogP contribution in [0.15, 0.2) is 36.4 Å². The van der Waals surface area contributed by atoms with E-state index in [4.69, 9.17) is 17.4 Å². The number of benzene rings is 1. The van der Waals surface area contributed by atoms with Crippen LogP contribution in [0.25, 0.3) is 0 Å². The molecule has 3 N–H and O–H groups in total. The monoisotopic (exact) mass is 312 g/mol. The molecule has 100 valence electrons. The van der Waals surface area contributed by atoms with E-state index in [0.717, 1.165) is 21.4 Å². The van der Waals surface area contributed by atoms with Crippen LogP contribution >= 0.6 is 34.7 Å². The number of nitrogens with two attached hydrogens (primary N) is 1. The van der Waals surface area contributed by atoms with Crippen molar-refractivity contribution < 1.29 is 4.79 Å². The molecule has 0 aliphatic rings. The summed E-state index contributed by atoms with van der Waals surface area (Å²) >= 11 is 9.11. The van der Waals surface area contributed by atoms with Crippen molar-refractivity contribution in [3.05, 3.63) is 56.7 Å². The van der Waals surface area contributed by atoms with E-state index in [-0.39, 0.29) is 5.91 Å². The summed E-state index contributed by atoms with van der Waals surface area (Å²) in [5, 5.41) is 0.754. The van der Waals surface area contributed by atoms with E-state index in [0.29, 0.717) is 4.88 Å². The molecule has 0 radical (unpaired) electrons. The molecule has 0 atom stereocenters. The van der Waals surface area contributed by atoms with E-state index >= 15 is 0 Å². The molecule has 0 aliphatic heterocycles. The molecular formula is C13H13ClN2OS2. The second-order valence-corrected chi connectivity index (χ2v) is 6.45. The van der Waals surface area contributed by atoms with Gasteiger partial charge in [-0.2, -0.15) is 11.8 Å². The Kier molecular flexibility index (Phi) is 5.27. The van der Waals surface area contributed by atoms with Crippen molar-refractivity contribution in [2.45, 2.75) is 11.5 Å². The number of thioether (sulfide) groups is 1. The van der Waals surface area contributed by atoms with E-state index < -0.39 is 0 Å². The minimum Gasteiger partial charge on any atom is -0.289 e. The minimum absolute atomic E-state index is 0.237. The third kappa shape index (κ3) is 4.24. The second kappa shape index (κ2) is 6.96. The number of carbonyl (C=O) groups excluding carboxylic acids is 1. The van der Waals surface area contributed by atoms with Crippen LogP contribution < -0.4 is 11.3 Å². The van der Waals surface area contributed by atoms with Crippen molar-refractivity contribution in [3.63, 3.8) is 0 Å². The van der Waals surface area contributed by atoms with Gasteiger partial charge >= 0.3 is 0 Å². The van der Waals surface area contributed by atoms with Gasteiger partial charge in [0.2, 0.25) is 0 Å². The highest BCUT2D eigenvalue weighted by atomic mass is 35.5. The fraction of sp³-hybridized carbons (Fsp3) is 0.154. The van der Waals surface area contributed by atoms with E-state index in [9.17, 15) is 4.79 Å². The maximum atomic E-state index is 11.3. The van der Waals surface area contributed by atoms with Gasteiger partial charge in [-0.15, -0.1) is 11.3 Å². The predicted molar refractivity (Wildman–Crippen MR) is 82.4 cm³/mol. The summed E-state index contributed by atoms with van der Waals surface area (Å²) in [4.78, 5) is 13.1. The molecule has 0 fully saturated rings. The Morgan fingerprint density at radius 2 is 1.95 bits per heavy atom. The van der Waals surface area contributed by atoms with Crippen LogP contribution in [-0.2, 0) is 11.5 Å². The molecule has 2 aromatic rings. The second-order valence-electron chi connectivity index (χ2n) is 3.86. The highest BCUT2D eigenvalue weighted by Crippen LogP contribution is 2.24. The van der Waals surface area contributed by atoms with Crippen LogP contribution in [0, 0.1) is 0 Å². The predicted octanol–water partition coefficient (Wildman–Crippen LogP) is 3.44. The van der Waals surface area contributed by atoms with Crippen LogP contribution in [0.2, 0.25) is 5.02 Å². The van der Waals surface area contributed by atoms with Crippen LogP contribution in [0.1, 0.15) is 20.1 Å². The van der Waals surface area contributed by atoms with E-state index in [1.165, 1.54) is 16.9 Å². The lowest BCUT2D eigenvalue weighted by molar-refractivity contribution is 0.0957. The number of rotatable bonds is 5. The molecule has 1 aromatic heterocycles. The summed E-state index contributed by atoms with van der Waals surface area (Å²) in [5.74, 6) is 6.66. The molecular weight excluding hydrogens is 300 g/mol. The third-order valence-electron chi connectivity index (χ3n) is 2.44. The van der Waals surface area contributed by atoms with Gasteiger partial charge in [0.25, 0.3) is 5.91 Å². The normalized spacial score (nSPS) is 10.4. The summed E-state index contributed by atoms with van der Waals surface area (Å²) in [7, 11) is 0. The first-order valence-corrected chi connectivity index (χ1v) is 7.96. The van der Waals surface area contributed by atoms with Crippen molar-refractivity contribution in [1.82, 2.24) is 5.43 Å². The topological polar surface area (TPSA) is 55.1 Å². The van der Waals surface area contributed by atoms with Gasteiger partial charge in [-0.25, -0.2) is 5.84 Å². The first-order chi connectivity index (χ1) is 9.19. The van der Waals surface area contributed by atoms with Crippen LogP contribution in [0.5, 0.6) is 0 Å². The third-order valence-corrected chi connectivity index (χ3v) is 5.01. The summed E-state index contributed by atoms with van der Waals surface area (Å²) in [5.41, 5.74) is 3.38. The maximum absolute atomic E-state index is 11.3. The van der Waals surface area contributed by atoms with E-state index in [2.05, 4.69) is 5.43 Å². The summed E-state index contributed by atoms with van der Waals surface area (Å²) in [6.45, 7) is 0. The molecule has 2 rings (SSSR count). The maximum Gasteiger partial charge on any atom is 0.275 e. The van der Waals surface area contributed by atoms with Gasteiger partial charge in [-0.05, 0) is 29.8 Å².